The molecule has 1 saturated heterocycles. The van der Waals surface area contributed by atoms with Crippen LogP contribution in [0.5, 0.6) is 0 Å². The highest BCUT2D eigenvalue weighted by atomic mass is 19.1. The monoisotopic (exact) mass is 253 g/mol. The lowest BCUT2D eigenvalue weighted by Crippen LogP contribution is -2.49. The molecule has 0 aromatic carbocycles. The molecule has 100 valence electrons. The molecule has 5 heteroatoms. The highest BCUT2D eigenvalue weighted by Crippen LogP contribution is 2.25. The van der Waals surface area contributed by atoms with Crippen LogP contribution in [-0.4, -0.2) is 30.3 Å². The van der Waals surface area contributed by atoms with Gasteiger partial charge < -0.3 is 15.4 Å². The molecule has 0 saturated carbocycles. The molecule has 1 aromatic heterocycles. The standard InChI is InChI=1S/C13H20FN3O/c1-3-12-8-18-9(2)7-17(12)13-10(5-15)4-11(14)6-16-13/h4,6,9,12H,3,5,7-8,15H2,1-2H3. The van der Waals surface area contributed by atoms with Gasteiger partial charge in [-0.05, 0) is 19.4 Å². The normalized spacial score (nSPS) is 24.3. The highest BCUT2D eigenvalue weighted by molar-refractivity contribution is 5.48. The zero-order valence-electron chi connectivity index (χ0n) is 10.9. The van der Waals surface area contributed by atoms with Crippen molar-refractivity contribution in [3.8, 4) is 0 Å². The van der Waals surface area contributed by atoms with Gasteiger partial charge >= 0.3 is 0 Å². The van der Waals surface area contributed by atoms with Crippen molar-refractivity contribution in [3.05, 3.63) is 23.6 Å². The average Bonchev–Trinajstić information content (AvgIpc) is 2.38. The van der Waals surface area contributed by atoms with E-state index in [1.807, 2.05) is 6.92 Å². The minimum absolute atomic E-state index is 0.158. The third kappa shape index (κ3) is 2.62. The Labute approximate surface area is 107 Å². The molecule has 2 heterocycles. The number of nitrogens with two attached hydrogens (primary N) is 1. The van der Waals surface area contributed by atoms with Crippen molar-refractivity contribution < 1.29 is 9.13 Å². The van der Waals surface area contributed by atoms with Crippen LogP contribution in [0.4, 0.5) is 10.2 Å². The molecule has 4 nitrogen and oxygen atoms in total. The number of ether oxygens (including phenoxy) is 1. The summed E-state index contributed by atoms with van der Waals surface area (Å²) in [6, 6.07) is 1.75. The summed E-state index contributed by atoms with van der Waals surface area (Å²) < 4.78 is 18.9. The van der Waals surface area contributed by atoms with Crippen molar-refractivity contribution in [2.24, 2.45) is 5.73 Å². The first-order valence-electron chi connectivity index (χ1n) is 6.38. The molecule has 0 aliphatic carbocycles. The number of hydrogen-bond acceptors (Lipinski definition) is 4. The second-order valence-electron chi connectivity index (χ2n) is 4.70. The Bertz CT molecular complexity index is 413. The van der Waals surface area contributed by atoms with Crippen molar-refractivity contribution in [3.63, 3.8) is 0 Å². The molecule has 2 rings (SSSR count). The first-order valence-corrected chi connectivity index (χ1v) is 6.38. The molecule has 0 spiro atoms. The van der Waals surface area contributed by atoms with Crippen LogP contribution >= 0.6 is 0 Å². The topological polar surface area (TPSA) is 51.4 Å². The Morgan fingerprint density at radius 2 is 2.39 bits per heavy atom. The smallest absolute Gasteiger partial charge is 0.141 e. The van der Waals surface area contributed by atoms with Crippen molar-refractivity contribution >= 4 is 5.82 Å². The predicted octanol–water partition coefficient (Wildman–Crippen LogP) is 1.68. The van der Waals surface area contributed by atoms with Crippen LogP contribution in [0.15, 0.2) is 12.3 Å². The average molecular weight is 253 g/mol. The molecule has 1 aliphatic heterocycles. The zero-order valence-corrected chi connectivity index (χ0v) is 10.9. The van der Waals surface area contributed by atoms with Gasteiger partial charge in [-0.15, -0.1) is 0 Å². The van der Waals surface area contributed by atoms with E-state index in [9.17, 15) is 4.39 Å². The second-order valence-corrected chi connectivity index (χ2v) is 4.70. The van der Waals surface area contributed by atoms with Crippen LogP contribution in [0.1, 0.15) is 25.8 Å². The summed E-state index contributed by atoms with van der Waals surface area (Å²) in [5.74, 6) is 0.453. The lowest BCUT2D eigenvalue weighted by Gasteiger charge is -2.39. The summed E-state index contributed by atoms with van der Waals surface area (Å²) in [7, 11) is 0. The quantitative estimate of drug-likeness (QED) is 0.890. The fourth-order valence-electron chi connectivity index (χ4n) is 2.32. The Morgan fingerprint density at radius 1 is 1.61 bits per heavy atom. The lowest BCUT2D eigenvalue weighted by molar-refractivity contribution is 0.0295. The highest BCUT2D eigenvalue weighted by Gasteiger charge is 2.28. The minimum atomic E-state index is -0.339. The first kappa shape index (κ1) is 13.2. The number of halogens is 1. The lowest BCUT2D eigenvalue weighted by atomic mass is 10.1. The van der Waals surface area contributed by atoms with Crippen LogP contribution in [0.3, 0.4) is 0 Å². The van der Waals surface area contributed by atoms with Gasteiger partial charge in [0.1, 0.15) is 11.6 Å². The molecular weight excluding hydrogens is 233 g/mol. The number of anilines is 1. The third-order valence-corrected chi connectivity index (χ3v) is 3.34. The summed E-state index contributed by atoms with van der Waals surface area (Å²) in [5.41, 5.74) is 6.44. The Morgan fingerprint density at radius 3 is 3.06 bits per heavy atom. The maximum absolute atomic E-state index is 13.2. The molecule has 18 heavy (non-hydrogen) atoms. The SMILES string of the molecule is CCC1COC(C)CN1c1ncc(F)cc1CN. The van der Waals surface area contributed by atoms with Gasteiger partial charge in [-0.3, -0.25) is 0 Å². The summed E-state index contributed by atoms with van der Waals surface area (Å²) in [4.78, 5) is 6.41. The maximum Gasteiger partial charge on any atom is 0.141 e. The van der Waals surface area contributed by atoms with Crippen molar-refractivity contribution in [2.75, 3.05) is 18.1 Å². The van der Waals surface area contributed by atoms with Gasteiger partial charge in [0, 0.05) is 18.7 Å². The van der Waals surface area contributed by atoms with Gasteiger partial charge in [0.15, 0.2) is 0 Å². The third-order valence-electron chi connectivity index (χ3n) is 3.34. The van der Waals surface area contributed by atoms with Gasteiger partial charge in [-0.1, -0.05) is 6.92 Å². The van der Waals surface area contributed by atoms with E-state index in [-0.39, 0.29) is 18.0 Å². The van der Waals surface area contributed by atoms with E-state index in [1.54, 1.807) is 0 Å². The maximum atomic E-state index is 13.2. The molecule has 2 atom stereocenters. The molecular formula is C13H20FN3O. The summed E-state index contributed by atoms with van der Waals surface area (Å²) in [6.07, 6.45) is 2.38. The van der Waals surface area contributed by atoms with Gasteiger partial charge in [-0.2, -0.15) is 0 Å². The number of rotatable bonds is 3. The molecule has 2 unspecified atom stereocenters. The van der Waals surface area contributed by atoms with E-state index >= 15 is 0 Å². The van der Waals surface area contributed by atoms with Crippen molar-refractivity contribution in [1.29, 1.82) is 0 Å². The molecule has 0 radical (unpaired) electrons. The molecule has 1 fully saturated rings. The summed E-state index contributed by atoms with van der Waals surface area (Å²) in [6.45, 7) is 5.89. The number of pyridine rings is 1. The first-order chi connectivity index (χ1) is 8.65. The van der Waals surface area contributed by atoms with E-state index in [0.29, 0.717) is 13.2 Å². The molecule has 1 aromatic rings. The van der Waals surface area contributed by atoms with Gasteiger partial charge in [-0.25, -0.2) is 9.37 Å². The van der Waals surface area contributed by atoms with E-state index in [4.69, 9.17) is 10.5 Å². The van der Waals surface area contributed by atoms with Crippen molar-refractivity contribution in [1.82, 2.24) is 4.98 Å². The van der Waals surface area contributed by atoms with Gasteiger partial charge in [0.05, 0.1) is 24.9 Å². The zero-order chi connectivity index (χ0) is 13.1. The van der Waals surface area contributed by atoms with Crippen LogP contribution in [-0.2, 0) is 11.3 Å². The van der Waals surface area contributed by atoms with Crippen LogP contribution in [0.2, 0.25) is 0 Å². The van der Waals surface area contributed by atoms with Gasteiger partial charge in [0.25, 0.3) is 0 Å². The van der Waals surface area contributed by atoms with E-state index in [0.717, 1.165) is 24.3 Å². The van der Waals surface area contributed by atoms with E-state index in [1.165, 1.54) is 12.3 Å². The second kappa shape index (κ2) is 5.63. The van der Waals surface area contributed by atoms with Crippen LogP contribution in [0, 0.1) is 5.82 Å². The largest absolute Gasteiger partial charge is 0.375 e. The number of hydrogen-bond donors (Lipinski definition) is 1. The molecule has 0 bridgehead atoms. The van der Waals surface area contributed by atoms with E-state index < -0.39 is 0 Å². The summed E-state index contributed by atoms with van der Waals surface area (Å²) >= 11 is 0. The molecule has 2 N–H and O–H groups in total. The number of aromatic nitrogens is 1. The predicted molar refractivity (Wildman–Crippen MR) is 68.9 cm³/mol. The number of nitrogens with zero attached hydrogens (tertiary/aromatic N) is 2. The fourth-order valence-corrected chi connectivity index (χ4v) is 2.32. The molecule has 1 aliphatic rings. The van der Waals surface area contributed by atoms with Crippen molar-refractivity contribution in [2.45, 2.75) is 39.0 Å². The van der Waals surface area contributed by atoms with Crippen LogP contribution in [0.25, 0.3) is 0 Å². The number of morpholine rings is 1. The Hall–Kier alpha value is -1.20. The minimum Gasteiger partial charge on any atom is -0.375 e. The Kier molecular flexibility index (Phi) is 4.14. The van der Waals surface area contributed by atoms with Crippen LogP contribution < -0.4 is 10.6 Å². The van der Waals surface area contributed by atoms with Gasteiger partial charge in [0.2, 0.25) is 0 Å². The summed E-state index contributed by atoms with van der Waals surface area (Å²) in [5, 5.41) is 0. The molecule has 0 amide bonds. The Balaban J connectivity index is 2.32. The fraction of sp³-hybridized carbons (Fsp3) is 0.615. The van der Waals surface area contributed by atoms with E-state index in [2.05, 4.69) is 16.8 Å².